The molecule has 1 aromatic heterocycles. The lowest BCUT2D eigenvalue weighted by Gasteiger charge is -2.18. The Morgan fingerprint density at radius 1 is 1.21 bits per heavy atom. The molecule has 0 fully saturated rings. The Morgan fingerprint density at radius 2 is 1.86 bits per heavy atom. The van der Waals surface area contributed by atoms with Crippen molar-refractivity contribution in [2.75, 3.05) is 27.4 Å². The van der Waals surface area contributed by atoms with E-state index in [4.69, 9.17) is 25.4 Å². The summed E-state index contributed by atoms with van der Waals surface area (Å²) in [6, 6.07) is 8.87. The van der Waals surface area contributed by atoms with Crippen molar-refractivity contribution in [2.24, 2.45) is 4.99 Å². The predicted molar refractivity (Wildman–Crippen MR) is 109 cm³/mol. The minimum absolute atomic E-state index is 0.258. The Bertz CT molecular complexity index is 1180. The highest BCUT2D eigenvalue weighted by Crippen LogP contribution is 2.35. The third-order valence-electron chi connectivity index (χ3n) is 4.43. The van der Waals surface area contributed by atoms with Crippen molar-refractivity contribution in [1.29, 1.82) is 0 Å². The van der Waals surface area contributed by atoms with Crippen molar-refractivity contribution in [3.8, 4) is 35.3 Å². The number of benzene rings is 2. The molecule has 0 unspecified atom stereocenters. The molecule has 148 valence electrons. The van der Waals surface area contributed by atoms with E-state index in [9.17, 15) is 4.79 Å². The molecule has 29 heavy (non-hydrogen) atoms. The molecular weight excluding hydrogens is 392 g/mol. The first-order valence-corrected chi connectivity index (χ1v) is 9.64. The summed E-state index contributed by atoms with van der Waals surface area (Å²) in [5.74, 6) is 4.24. The zero-order valence-corrected chi connectivity index (χ0v) is 16.7. The molecule has 0 spiro atoms. The smallest absolute Gasteiger partial charge is 0.287 e. The Balaban J connectivity index is 1.89. The van der Waals surface area contributed by atoms with Crippen LogP contribution in [0.1, 0.15) is 10.4 Å². The molecule has 3 aromatic rings. The van der Waals surface area contributed by atoms with E-state index in [0.29, 0.717) is 41.0 Å². The highest BCUT2D eigenvalue weighted by Gasteiger charge is 2.20. The average molecular weight is 410 g/mol. The molecule has 0 atom stereocenters. The van der Waals surface area contributed by atoms with Gasteiger partial charge >= 0.3 is 0 Å². The number of thiazole rings is 1. The molecule has 0 saturated heterocycles. The average Bonchev–Trinajstić information content (AvgIpc) is 3.07. The van der Waals surface area contributed by atoms with Crippen molar-refractivity contribution in [1.82, 2.24) is 4.57 Å². The summed E-state index contributed by atoms with van der Waals surface area (Å²) in [4.78, 5) is 17.8. The van der Waals surface area contributed by atoms with Crippen LogP contribution < -0.4 is 23.7 Å². The van der Waals surface area contributed by atoms with Crippen LogP contribution in [0, 0.1) is 12.3 Å². The normalized spacial score (nSPS) is 13.2. The zero-order chi connectivity index (χ0) is 20.4. The van der Waals surface area contributed by atoms with E-state index in [1.54, 1.807) is 22.8 Å². The van der Waals surface area contributed by atoms with Crippen LogP contribution in [0.2, 0.25) is 0 Å². The van der Waals surface area contributed by atoms with Crippen molar-refractivity contribution >= 4 is 27.5 Å². The Labute approximate surface area is 171 Å². The van der Waals surface area contributed by atoms with Crippen LogP contribution in [0.25, 0.3) is 10.2 Å². The second-order valence-electron chi connectivity index (χ2n) is 6.09. The van der Waals surface area contributed by atoms with Gasteiger partial charge in [-0.05, 0) is 12.1 Å². The van der Waals surface area contributed by atoms with Gasteiger partial charge in [0.15, 0.2) is 16.3 Å². The fraction of sp³-hybridized carbons (Fsp3) is 0.238. The maximum absolute atomic E-state index is 13.0. The van der Waals surface area contributed by atoms with Gasteiger partial charge in [-0.1, -0.05) is 23.3 Å². The maximum atomic E-state index is 13.0. The highest BCUT2D eigenvalue weighted by atomic mass is 32.1. The highest BCUT2D eigenvalue weighted by molar-refractivity contribution is 7.16. The van der Waals surface area contributed by atoms with Crippen molar-refractivity contribution in [3.05, 3.63) is 40.7 Å². The van der Waals surface area contributed by atoms with E-state index in [2.05, 4.69) is 10.9 Å². The SMILES string of the molecule is C#CCn1c(=NC(=O)c2c(OC)cccc2OC)sc2cc3c(cc21)OCCO3. The minimum atomic E-state index is -0.478. The fourth-order valence-corrected chi connectivity index (χ4v) is 4.18. The molecule has 4 rings (SSSR count). The maximum Gasteiger partial charge on any atom is 0.287 e. The monoisotopic (exact) mass is 410 g/mol. The van der Waals surface area contributed by atoms with E-state index in [1.165, 1.54) is 25.6 Å². The number of hydrogen-bond acceptors (Lipinski definition) is 6. The Morgan fingerprint density at radius 3 is 2.48 bits per heavy atom. The van der Waals surface area contributed by atoms with Gasteiger partial charge in [-0.25, -0.2) is 0 Å². The molecule has 7 nitrogen and oxygen atoms in total. The molecule has 1 aliphatic rings. The van der Waals surface area contributed by atoms with Gasteiger partial charge in [0.1, 0.15) is 30.3 Å². The van der Waals surface area contributed by atoms with Gasteiger partial charge in [0.05, 0.1) is 31.0 Å². The number of nitrogens with zero attached hydrogens (tertiary/aromatic N) is 2. The van der Waals surface area contributed by atoms with E-state index in [1.807, 2.05) is 12.1 Å². The summed E-state index contributed by atoms with van der Waals surface area (Å²) in [6.07, 6.45) is 5.56. The number of rotatable bonds is 4. The van der Waals surface area contributed by atoms with Crippen LogP contribution in [0.4, 0.5) is 0 Å². The molecule has 0 N–H and O–H groups in total. The van der Waals surface area contributed by atoms with E-state index < -0.39 is 5.91 Å². The molecule has 1 aliphatic heterocycles. The lowest BCUT2D eigenvalue weighted by Crippen LogP contribution is -2.17. The summed E-state index contributed by atoms with van der Waals surface area (Å²) in [5, 5.41) is 0. The lowest BCUT2D eigenvalue weighted by atomic mass is 10.1. The topological polar surface area (TPSA) is 71.3 Å². The van der Waals surface area contributed by atoms with Gasteiger partial charge in [-0.15, -0.1) is 6.42 Å². The largest absolute Gasteiger partial charge is 0.496 e. The summed E-state index contributed by atoms with van der Waals surface area (Å²) in [5.41, 5.74) is 1.09. The molecular formula is C21H18N2O5S. The molecule has 2 heterocycles. The lowest BCUT2D eigenvalue weighted by molar-refractivity contribution is 0.0992. The third-order valence-corrected chi connectivity index (χ3v) is 5.48. The van der Waals surface area contributed by atoms with Crippen LogP contribution in [0.5, 0.6) is 23.0 Å². The summed E-state index contributed by atoms with van der Waals surface area (Å²) in [6.45, 7) is 1.24. The Hall–Kier alpha value is -3.44. The summed E-state index contributed by atoms with van der Waals surface area (Å²) >= 11 is 1.35. The van der Waals surface area contributed by atoms with Crippen LogP contribution in [-0.2, 0) is 6.54 Å². The van der Waals surface area contributed by atoms with Crippen molar-refractivity contribution in [3.63, 3.8) is 0 Å². The Kier molecular flexibility index (Phi) is 5.14. The van der Waals surface area contributed by atoms with Gasteiger partial charge in [0.25, 0.3) is 5.91 Å². The first-order chi connectivity index (χ1) is 14.2. The number of amides is 1. The first kappa shape index (κ1) is 18.9. The van der Waals surface area contributed by atoms with Crippen molar-refractivity contribution in [2.45, 2.75) is 6.54 Å². The van der Waals surface area contributed by atoms with Crippen molar-refractivity contribution < 1.29 is 23.7 Å². The number of ether oxygens (including phenoxy) is 4. The van der Waals surface area contributed by atoms with Crippen LogP contribution in [-0.4, -0.2) is 37.9 Å². The van der Waals surface area contributed by atoms with Crippen LogP contribution >= 0.6 is 11.3 Å². The fourth-order valence-electron chi connectivity index (χ4n) is 3.14. The van der Waals surface area contributed by atoms with Gasteiger partial charge in [0.2, 0.25) is 0 Å². The quantitative estimate of drug-likeness (QED) is 0.619. The van der Waals surface area contributed by atoms with Gasteiger partial charge < -0.3 is 23.5 Å². The molecule has 0 bridgehead atoms. The summed E-state index contributed by atoms with van der Waals surface area (Å²) < 4.78 is 24.7. The zero-order valence-electron chi connectivity index (χ0n) is 15.9. The van der Waals surface area contributed by atoms with E-state index >= 15 is 0 Å². The second-order valence-corrected chi connectivity index (χ2v) is 7.10. The number of carbonyl (C=O) groups is 1. The number of aromatic nitrogens is 1. The number of fused-ring (bicyclic) bond motifs is 2. The molecule has 0 radical (unpaired) electrons. The molecule has 0 saturated carbocycles. The molecule has 8 heteroatoms. The minimum Gasteiger partial charge on any atom is -0.496 e. The van der Waals surface area contributed by atoms with Gasteiger partial charge in [-0.2, -0.15) is 4.99 Å². The molecule has 1 amide bonds. The van der Waals surface area contributed by atoms with E-state index in [-0.39, 0.29) is 12.1 Å². The standard InChI is InChI=1S/C21H18N2O5S/c1-4-8-23-13-11-16-17(28-10-9-27-16)12-18(13)29-21(23)22-20(24)19-14(25-2)6-5-7-15(19)26-3/h1,5-7,11-12H,8-10H2,2-3H3. The van der Waals surface area contributed by atoms with Gasteiger partial charge in [-0.3, -0.25) is 4.79 Å². The summed E-state index contributed by atoms with van der Waals surface area (Å²) in [7, 11) is 2.99. The van der Waals surface area contributed by atoms with E-state index in [0.717, 1.165) is 10.2 Å². The number of hydrogen-bond donors (Lipinski definition) is 0. The first-order valence-electron chi connectivity index (χ1n) is 8.82. The number of methoxy groups -OCH3 is 2. The number of terminal acetylenes is 1. The third kappa shape index (κ3) is 3.41. The molecule has 0 aliphatic carbocycles. The predicted octanol–water partition coefficient (Wildman–Crippen LogP) is 2.87. The second kappa shape index (κ2) is 7.89. The number of carbonyl (C=O) groups excluding carboxylic acids is 1. The van der Waals surface area contributed by atoms with Gasteiger partial charge in [0, 0.05) is 12.1 Å². The molecule has 2 aromatic carbocycles. The van der Waals surface area contributed by atoms with Crippen LogP contribution in [0.15, 0.2) is 35.3 Å². The van der Waals surface area contributed by atoms with Crippen LogP contribution in [0.3, 0.4) is 0 Å².